The first kappa shape index (κ1) is 17.7. The molecule has 0 spiro atoms. The van der Waals surface area contributed by atoms with Crippen LogP contribution in [-0.4, -0.2) is 42.0 Å². The normalized spacial score (nSPS) is 17.8. The molecule has 4 rings (SSSR count). The Bertz CT molecular complexity index is 1390. The third-order valence-corrected chi connectivity index (χ3v) is 6.40. The van der Waals surface area contributed by atoms with Crippen molar-refractivity contribution in [2.45, 2.75) is 5.25 Å². The van der Waals surface area contributed by atoms with Crippen molar-refractivity contribution in [1.29, 1.82) is 0 Å². The van der Waals surface area contributed by atoms with Gasteiger partial charge in [-0.3, -0.25) is 13.9 Å². The second-order valence-electron chi connectivity index (χ2n) is 6.06. The Hall–Kier alpha value is -2.66. The largest absolute Gasteiger partial charge is 0.310 e. The number of hydrogen-bond donors (Lipinski definition) is 2. The summed E-state index contributed by atoms with van der Waals surface area (Å²) in [5.74, 6) is -1.17. The van der Waals surface area contributed by atoms with E-state index in [1.807, 2.05) is 12.1 Å². The molecule has 0 fully saturated rings. The van der Waals surface area contributed by atoms with Crippen molar-refractivity contribution in [3.05, 3.63) is 54.1 Å². The Morgan fingerprint density at radius 2 is 1.48 bits per heavy atom. The topological polar surface area (TPSA) is 138 Å². The van der Waals surface area contributed by atoms with Crippen LogP contribution < -0.4 is 0 Å². The number of ketones is 1. The van der Waals surface area contributed by atoms with Crippen molar-refractivity contribution < 1.29 is 30.7 Å². The average molecular weight is 405 g/mol. The Morgan fingerprint density at radius 3 is 2.07 bits per heavy atom. The van der Waals surface area contributed by atoms with Crippen LogP contribution in [-0.2, 0) is 20.2 Å². The molecule has 0 aromatic heterocycles. The molecule has 3 aromatic carbocycles. The van der Waals surface area contributed by atoms with E-state index in [-0.39, 0.29) is 11.3 Å². The number of Topliss-reactive ketones (excluding diaryl/α,β-unsaturated/α-hetero) is 1. The van der Waals surface area contributed by atoms with Crippen molar-refractivity contribution >= 4 is 58.3 Å². The highest BCUT2D eigenvalue weighted by Gasteiger charge is 2.46. The van der Waals surface area contributed by atoms with E-state index >= 15 is 0 Å². The summed E-state index contributed by atoms with van der Waals surface area (Å²) in [6.45, 7) is 0. The van der Waals surface area contributed by atoms with Gasteiger partial charge in [0.15, 0.2) is 10.8 Å². The van der Waals surface area contributed by atoms with Crippen LogP contribution in [0.1, 0.15) is 10.4 Å². The number of nitrogens with zero attached hydrogens (tertiary/aromatic N) is 1. The van der Waals surface area contributed by atoms with Crippen LogP contribution >= 0.6 is 0 Å². The summed E-state index contributed by atoms with van der Waals surface area (Å²) < 4.78 is 65.1. The molecular formula is C17H11NO7S2. The molecule has 1 unspecified atom stereocenters. The molecule has 3 aromatic rings. The van der Waals surface area contributed by atoms with Gasteiger partial charge in [0.2, 0.25) is 5.25 Å². The maximum absolute atomic E-state index is 12.9. The average Bonchev–Trinajstić information content (AvgIpc) is 2.57. The van der Waals surface area contributed by atoms with E-state index in [9.17, 15) is 30.7 Å². The highest BCUT2D eigenvalue weighted by molar-refractivity contribution is 8.04. The second kappa shape index (κ2) is 5.67. The van der Waals surface area contributed by atoms with E-state index in [0.717, 1.165) is 10.8 Å². The first-order chi connectivity index (χ1) is 12.6. The summed E-state index contributed by atoms with van der Waals surface area (Å²) in [5, 5.41) is -1.19. The highest BCUT2D eigenvalue weighted by atomic mass is 32.2. The van der Waals surface area contributed by atoms with Crippen LogP contribution in [0.15, 0.2) is 53.5 Å². The Labute approximate surface area is 153 Å². The van der Waals surface area contributed by atoms with E-state index in [4.69, 9.17) is 0 Å². The molecule has 2 N–H and O–H groups in total. The monoisotopic (exact) mass is 405 g/mol. The molecule has 8 nitrogen and oxygen atoms in total. The van der Waals surface area contributed by atoms with E-state index < -0.39 is 36.3 Å². The Kier molecular flexibility index (Phi) is 3.72. The predicted molar refractivity (Wildman–Crippen MR) is 99.8 cm³/mol. The molecule has 1 heterocycles. The molecule has 1 atom stereocenters. The summed E-state index contributed by atoms with van der Waals surface area (Å²) in [5.41, 5.74) is -0.233. The van der Waals surface area contributed by atoms with Gasteiger partial charge in [0, 0.05) is 0 Å². The van der Waals surface area contributed by atoms with Gasteiger partial charge in [0.1, 0.15) is 0 Å². The van der Waals surface area contributed by atoms with Crippen molar-refractivity contribution in [1.82, 2.24) is 0 Å². The number of hydrogen-bond acceptors (Lipinski definition) is 6. The van der Waals surface area contributed by atoms with Crippen molar-refractivity contribution in [2.75, 3.05) is 0 Å². The van der Waals surface area contributed by atoms with Gasteiger partial charge in [0.25, 0.3) is 10.1 Å². The summed E-state index contributed by atoms with van der Waals surface area (Å²) in [6, 6.07) is 13.7. The van der Waals surface area contributed by atoms with E-state index in [0.29, 0.717) is 10.8 Å². The zero-order valence-corrected chi connectivity index (χ0v) is 15.0. The molecule has 0 bridgehead atoms. The van der Waals surface area contributed by atoms with E-state index in [1.165, 1.54) is 6.07 Å². The highest BCUT2D eigenvalue weighted by Crippen LogP contribution is 2.37. The maximum atomic E-state index is 12.9. The van der Waals surface area contributed by atoms with Gasteiger partial charge in [-0.2, -0.15) is 16.8 Å². The molecule has 0 saturated carbocycles. The summed E-state index contributed by atoms with van der Waals surface area (Å²) in [6.07, 6.45) is 0. The van der Waals surface area contributed by atoms with Crippen LogP contribution in [0.3, 0.4) is 0 Å². The van der Waals surface area contributed by atoms with Crippen LogP contribution in [0.2, 0.25) is 0 Å². The van der Waals surface area contributed by atoms with Crippen LogP contribution in [0.4, 0.5) is 5.69 Å². The third kappa shape index (κ3) is 2.82. The van der Waals surface area contributed by atoms with Gasteiger partial charge in [-0.15, -0.1) is 0 Å². The quantitative estimate of drug-likeness (QED) is 0.468. The fourth-order valence-electron chi connectivity index (χ4n) is 3.23. The lowest BCUT2D eigenvalue weighted by Crippen LogP contribution is -2.43. The van der Waals surface area contributed by atoms with Gasteiger partial charge < -0.3 is 0 Å². The molecule has 1 aliphatic heterocycles. The van der Waals surface area contributed by atoms with Crippen LogP contribution in [0.5, 0.6) is 0 Å². The van der Waals surface area contributed by atoms with Crippen molar-refractivity contribution in [3.8, 4) is 0 Å². The van der Waals surface area contributed by atoms with Gasteiger partial charge in [0.05, 0.1) is 11.3 Å². The molecule has 1 aliphatic rings. The number of carbonyl (C=O) groups excluding carboxylic acids is 1. The zero-order chi connectivity index (χ0) is 19.6. The number of benzene rings is 3. The fourth-order valence-corrected chi connectivity index (χ4v) is 5.25. The standard InChI is InChI=1S/C17H11NO7S2/c19-15-14-12-8-10-4-2-1-3-9(10)7-11(12)5-6-13(14)18-17(27(23,24)25)16(15)26(20,21)22/h1-8,16H,(H,20,21,22)(H,23,24,25). The van der Waals surface area contributed by atoms with Crippen molar-refractivity contribution in [2.24, 2.45) is 4.99 Å². The summed E-state index contributed by atoms with van der Waals surface area (Å²) >= 11 is 0. The predicted octanol–water partition coefficient (Wildman–Crippen LogP) is 2.36. The third-order valence-electron chi connectivity index (χ3n) is 4.37. The first-order valence-electron chi connectivity index (χ1n) is 7.59. The molecule has 0 amide bonds. The number of fused-ring (bicyclic) bond motifs is 4. The van der Waals surface area contributed by atoms with Gasteiger partial charge in [-0.05, 0) is 39.7 Å². The molecule has 138 valence electrons. The minimum atomic E-state index is -5.18. The molecule has 0 radical (unpaired) electrons. The van der Waals surface area contributed by atoms with Crippen LogP contribution in [0, 0.1) is 0 Å². The lowest BCUT2D eigenvalue weighted by Gasteiger charge is -2.21. The van der Waals surface area contributed by atoms with Crippen molar-refractivity contribution in [3.63, 3.8) is 0 Å². The lowest BCUT2D eigenvalue weighted by atomic mass is 9.94. The molecule has 27 heavy (non-hydrogen) atoms. The Balaban J connectivity index is 2.13. The van der Waals surface area contributed by atoms with E-state index in [1.54, 1.807) is 30.3 Å². The van der Waals surface area contributed by atoms with Crippen LogP contribution in [0.25, 0.3) is 21.5 Å². The summed E-state index contributed by atoms with van der Waals surface area (Å²) in [4.78, 5) is 16.5. The molecule has 0 aliphatic carbocycles. The zero-order valence-electron chi connectivity index (χ0n) is 13.4. The second-order valence-corrected chi connectivity index (χ2v) is 8.93. The van der Waals surface area contributed by atoms with Gasteiger partial charge in [-0.1, -0.05) is 30.3 Å². The molecule has 10 heteroatoms. The van der Waals surface area contributed by atoms with Gasteiger partial charge in [-0.25, -0.2) is 4.99 Å². The number of carbonyl (C=O) groups is 1. The minimum Gasteiger partial charge on any atom is -0.292 e. The number of rotatable bonds is 1. The number of aliphatic imine (C=N–C) groups is 1. The smallest absolute Gasteiger partial charge is 0.292 e. The molecular weight excluding hydrogens is 394 g/mol. The van der Waals surface area contributed by atoms with Gasteiger partial charge >= 0.3 is 10.1 Å². The Morgan fingerprint density at radius 1 is 0.852 bits per heavy atom. The SMILES string of the molecule is O=C1c2c(ccc3cc4ccccc4cc23)N=C(S(=O)(=O)O)C1S(=O)(=O)O. The van der Waals surface area contributed by atoms with E-state index in [2.05, 4.69) is 4.99 Å². The first-order valence-corrected chi connectivity index (χ1v) is 10.5. The minimum absolute atomic E-state index is 0.102. The maximum Gasteiger partial charge on any atom is 0.310 e. The molecule has 0 saturated heterocycles. The summed E-state index contributed by atoms with van der Waals surface area (Å²) in [7, 11) is -10.3. The fraction of sp³-hybridized carbons (Fsp3) is 0.0588. The lowest BCUT2D eigenvalue weighted by molar-refractivity contribution is 0.100.